The number of benzene rings is 1. The number of piperidine rings is 1. The van der Waals surface area contributed by atoms with Crippen LogP contribution in [0.4, 0.5) is 5.69 Å². The van der Waals surface area contributed by atoms with Crippen molar-refractivity contribution >= 4 is 43.2 Å². The van der Waals surface area contributed by atoms with E-state index in [1.807, 2.05) is 0 Å². The van der Waals surface area contributed by atoms with Gasteiger partial charge in [-0.3, -0.25) is 4.79 Å². The van der Waals surface area contributed by atoms with Crippen molar-refractivity contribution in [3.05, 3.63) is 23.2 Å². The summed E-state index contributed by atoms with van der Waals surface area (Å²) in [6.45, 7) is 1.34. The van der Waals surface area contributed by atoms with Gasteiger partial charge >= 0.3 is 0 Å². The highest BCUT2D eigenvalue weighted by Crippen LogP contribution is 2.29. The Morgan fingerprint density at radius 2 is 1.83 bits per heavy atom. The van der Waals surface area contributed by atoms with E-state index in [1.165, 1.54) is 26.8 Å². The van der Waals surface area contributed by atoms with Crippen molar-refractivity contribution < 1.29 is 26.4 Å². The Kier molecular flexibility index (Phi) is 6.86. The van der Waals surface area contributed by atoms with E-state index in [0.717, 1.165) is 12.7 Å². The molecule has 0 spiro atoms. The summed E-state index contributed by atoms with van der Waals surface area (Å²) in [5, 5.41) is 2.69. The molecule has 29 heavy (non-hydrogen) atoms. The van der Waals surface area contributed by atoms with Gasteiger partial charge in [-0.15, -0.1) is 0 Å². The summed E-state index contributed by atoms with van der Waals surface area (Å²) in [5.41, 5.74) is 0.241. The maximum Gasteiger partial charge on any atom is 0.244 e. The molecule has 12 heteroatoms. The number of anilines is 1. The van der Waals surface area contributed by atoms with Gasteiger partial charge in [0.2, 0.25) is 26.0 Å². The predicted molar refractivity (Wildman–Crippen MR) is 109 cm³/mol. The van der Waals surface area contributed by atoms with Gasteiger partial charge in [0.15, 0.2) is 0 Å². The first-order chi connectivity index (χ1) is 13.6. The molecule has 0 aromatic heterocycles. The highest BCUT2D eigenvalue weighted by Gasteiger charge is 2.35. The van der Waals surface area contributed by atoms with E-state index in [9.17, 15) is 21.6 Å². The largest absolute Gasteiger partial charge is 0.379 e. The Morgan fingerprint density at radius 1 is 1.14 bits per heavy atom. The van der Waals surface area contributed by atoms with Gasteiger partial charge in [-0.05, 0) is 31.0 Å². The third-order valence-corrected chi connectivity index (χ3v) is 8.64. The first kappa shape index (κ1) is 22.4. The Bertz CT molecular complexity index is 977. The van der Waals surface area contributed by atoms with Gasteiger partial charge in [0.05, 0.1) is 24.5 Å². The zero-order valence-corrected chi connectivity index (χ0v) is 18.4. The fourth-order valence-electron chi connectivity index (χ4n) is 3.49. The topological polar surface area (TPSA) is 113 Å². The summed E-state index contributed by atoms with van der Waals surface area (Å²) in [6, 6.07) is 3.37. The van der Waals surface area contributed by atoms with E-state index in [1.54, 1.807) is 0 Å². The Hall–Kier alpha value is -1.24. The van der Waals surface area contributed by atoms with Crippen molar-refractivity contribution in [3.63, 3.8) is 0 Å². The number of carbonyl (C=O) groups excluding carboxylic acids is 1. The normalized spacial score (nSPS) is 22.3. The van der Waals surface area contributed by atoms with Crippen LogP contribution in [0.15, 0.2) is 23.1 Å². The van der Waals surface area contributed by atoms with Crippen molar-refractivity contribution in [2.24, 2.45) is 0 Å². The minimum atomic E-state index is -3.85. The standard InChI is InChI=1S/C17H24ClN3O6S2/c1-28(23,24)21-7-3-2-4-15(21)17(22)19-13-5-6-14(18)16(12-13)29(25,26)20-8-10-27-11-9-20/h5-6,12,15H,2-4,7-11H2,1H3,(H,19,22). The molecule has 162 valence electrons. The second-order valence-electron chi connectivity index (χ2n) is 7.04. The van der Waals surface area contributed by atoms with Crippen LogP contribution in [0.1, 0.15) is 19.3 Å². The van der Waals surface area contributed by atoms with Gasteiger partial charge < -0.3 is 10.1 Å². The summed E-state index contributed by atoms with van der Waals surface area (Å²) < 4.78 is 57.5. The number of nitrogens with one attached hydrogen (secondary N) is 1. The van der Waals surface area contributed by atoms with Crippen molar-refractivity contribution in [1.82, 2.24) is 8.61 Å². The monoisotopic (exact) mass is 465 g/mol. The average molecular weight is 466 g/mol. The van der Waals surface area contributed by atoms with Crippen LogP contribution in [0.5, 0.6) is 0 Å². The number of halogens is 1. The molecule has 1 aromatic rings. The van der Waals surface area contributed by atoms with E-state index in [4.69, 9.17) is 16.3 Å². The third kappa shape index (κ3) is 5.09. The van der Waals surface area contributed by atoms with Gasteiger partial charge in [-0.1, -0.05) is 18.0 Å². The summed E-state index contributed by atoms with van der Waals surface area (Å²) in [4.78, 5) is 12.6. The number of carbonyl (C=O) groups is 1. The summed E-state index contributed by atoms with van der Waals surface area (Å²) in [5.74, 6) is -0.493. The highest BCUT2D eigenvalue weighted by molar-refractivity contribution is 7.89. The van der Waals surface area contributed by atoms with Crippen molar-refractivity contribution in [3.8, 4) is 0 Å². The molecule has 1 unspecified atom stereocenters. The second kappa shape index (κ2) is 8.86. The number of amides is 1. The minimum absolute atomic E-state index is 0.0462. The summed E-state index contributed by atoms with van der Waals surface area (Å²) in [7, 11) is -7.37. The van der Waals surface area contributed by atoms with Crippen molar-refractivity contribution in [2.45, 2.75) is 30.2 Å². The lowest BCUT2D eigenvalue weighted by molar-refractivity contribution is -0.120. The minimum Gasteiger partial charge on any atom is -0.379 e. The quantitative estimate of drug-likeness (QED) is 0.697. The van der Waals surface area contributed by atoms with E-state index in [2.05, 4.69) is 5.32 Å². The van der Waals surface area contributed by atoms with Crippen LogP contribution in [0.3, 0.4) is 0 Å². The van der Waals surface area contributed by atoms with E-state index >= 15 is 0 Å². The fourth-order valence-corrected chi connectivity index (χ4v) is 6.53. The van der Waals surface area contributed by atoms with Gasteiger partial charge in [0.25, 0.3) is 0 Å². The summed E-state index contributed by atoms with van der Waals surface area (Å²) in [6.07, 6.45) is 2.92. The van der Waals surface area contributed by atoms with E-state index < -0.39 is 32.0 Å². The molecule has 1 atom stereocenters. The van der Waals surface area contributed by atoms with Crippen LogP contribution in [0.2, 0.25) is 5.02 Å². The smallest absolute Gasteiger partial charge is 0.244 e. The van der Waals surface area contributed by atoms with E-state index in [0.29, 0.717) is 26.1 Å². The molecular formula is C17H24ClN3O6S2. The van der Waals surface area contributed by atoms with Gasteiger partial charge in [-0.25, -0.2) is 16.8 Å². The molecule has 2 saturated heterocycles. The molecule has 1 aromatic carbocycles. The lowest BCUT2D eigenvalue weighted by Crippen LogP contribution is -2.49. The van der Waals surface area contributed by atoms with Crippen LogP contribution in [0, 0.1) is 0 Å². The van der Waals surface area contributed by atoms with Crippen molar-refractivity contribution in [2.75, 3.05) is 44.4 Å². The molecule has 9 nitrogen and oxygen atoms in total. The maximum absolute atomic E-state index is 12.9. The van der Waals surface area contributed by atoms with Crippen LogP contribution in [-0.2, 0) is 29.6 Å². The van der Waals surface area contributed by atoms with Crippen LogP contribution in [-0.4, -0.2) is 76.5 Å². The molecule has 1 amide bonds. The number of ether oxygens (including phenoxy) is 1. The fraction of sp³-hybridized carbons (Fsp3) is 0.588. The lowest BCUT2D eigenvalue weighted by atomic mass is 10.0. The maximum atomic E-state index is 12.9. The molecule has 3 rings (SSSR count). The lowest BCUT2D eigenvalue weighted by Gasteiger charge is -2.32. The molecule has 0 aliphatic carbocycles. The first-order valence-electron chi connectivity index (χ1n) is 9.26. The zero-order valence-electron chi connectivity index (χ0n) is 16.0. The molecule has 0 saturated carbocycles. The number of nitrogens with zero attached hydrogens (tertiary/aromatic N) is 2. The average Bonchev–Trinajstić information content (AvgIpc) is 2.69. The van der Waals surface area contributed by atoms with Gasteiger partial charge in [-0.2, -0.15) is 8.61 Å². The van der Waals surface area contributed by atoms with Crippen molar-refractivity contribution in [1.29, 1.82) is 0 Å². The first-order valence-corrected chi connectivity index (χ1v) is 12.9. The molecular weight excluding hydrogens is 442 g/mol. The number of morpholine rings is 1. The highest BCUT2D eigenvalue weighted by atomic mass is 35.5. The molecule has 2 aliphatic rings. The number of rotatable bonds is 5. The molecule has 2 heterocycles. The third-order valence-electron chi connectivity index (χ3n) is 4.97. The number of hydrogen-bond donors (Lipinski definition) is 1. The molecule has 0 radical (unpaired) electrons. The van der Waals surface area contributed by atoms with E-state index in [-0.39, 0.29) is 35.2 Å². The summed E-state index contributed by atoms with van der Waals surface area (Å²) >= 11 is 6.13. The number of hydrogen-bond acceptors (Lipinski definition) is 6. The number of sulfonamides is 2. The van der Waals surface area contributed by atoms with Crippen LogP contribution >= 0.6 is 11.6 Å². The Balaban J connectivity index is 1.83. The Morgan fingerprint density at radius 3 is 2.48 bits per heavy atom. The SMILES string of the molecule is CS(=O)(=O)N1CCCCC1C(=O)Nc1ccc(Cl)c(S(=O)(=O)N2CCOCC2)c1. The molecule has 2 aliphatic heterocycles. The predicted octanol–water partition coefficient (Wildman–Crippen LogP) is 1.11. The molecule has 2 fully saturated rings. The van der Waals surface area contributed by atoms with Crippen LogP contribution in [0.25, 0.3) is 0 Å². The second-order valence-corrected chi connectivity index (χ2v) is 11.3. The van der Waals surface area contributed by atoms with Gasteiger partial charge in [0, 0.05) is 25.3 Å². The van der Waals surface area contributed by atoms with Gasteiger partial charge in [0.1, 0.15) is 10.9 Å². The van der Waals surface area contributed by atoms with Crippen LogP contribution < -0.4 is 5.32 Å². The molecule has 0 bridgehead atoms. The zero-order chi connectivity index (χ0) is 21.2. The molecule has 1 N–H and O–H groups in total. The Labute approximate surface area is 176 Å².